The van der Waals surface area contributed by atoms with Gasteiger partial charge in [0.05, 0.1) is 24.4 Å². The van der Waals surface area contributed by atoms with Crippen molar-refractivity contribution in [1.82, 2.24) is 0 Å². The van der Waals surface area contributed by atoms with Crippen molar-refractivity contribution in [2.75, 3.05) is 13.2 Å². The van der Waals surface area contributed by atoms with E-state index >= 15 is 0 Å². The molecular weight excluding hydrogens is 468 g/mol. The molecule has 1 aromatic carbocycles. The molecule has 190 valence electrons. The molecule has 0 amide bonds. The number of hydrogen-bond acceptors (Lipinski definition) is 11. The van der Waals surface area contributed by atoms with Crippen molar-refractivity contribution in [3.8, 4) is 0 Å². The van der Waals surface area contributed by atoms with Gasteiger partial charge in [0.15, 0.2) is 6.29 Å². The number of carbonyl (C=O) groups is 2. The van der Waals surface area contributed by atoms with Crippen LogP contribution < -0.4 is 0 Å². The van der Waals surface area contributed by atoms with Gasteiger partial charge >= 0.3 is 11.9 Å². The predicted octanol–water partition coefficient (Wildman–Crippen LogP) is -1.34. The van der Waals surface area contributed by atoms with E-state index in [4.69, 9.17) is 18.9 Å². The van der Waals surface area contributed by atoms with E-state index in [1.807, 2.05) is 0 Å². The smallest absolute Gasteiger partial charge is 0.338 e. The number of carboxylic acid groups (broad SMARTS) is 1. The molecule has 12 nitrogen and oxygen atoms in total. The fourth-order valence-corrected chi connectivity index (χ4v) is 4.45. The van der Waals surface area contributed by atoms with Crippen molar-refractivity contribution in [2.45, 2.75) is 49.0 Å². The summed E-state index contributed by atoms with van der Waals surface area (Å²) in [6, 6.07) is 8.17. The number of ether oxygens (including phenoxy) is 4. The molecule has 0 spiro atoms. The van der Waals surface area contributed by atoms with Crippen molar-refractivity contribution in [1.29, 1.82) is 0 Å². The molecule has 1 aliphatic carbocycles. The van der Waals surface area contributed by atoms with Crippen molar-refractivity contribution in [3.63, 3.8) is 0 Å². The number of rotatable bonds is 7. The Morgan fingerprint density at radius 1 is 1.06 bits per heavy atom. The summed E-state index contributed by atoms with van der Waals surface area (Å²) in [7, 11) is 0. The van der Waals surface area contributed by atoms with Crippen LogP contribution in [0.3, 0.4) is 0 Å². The zero-order chi connectivity index (χ0) is 25.3. The average molecular weight is 494 g/mol. The molecule has 0 saturated carbocycles. The van der Waals surface area contributed by atoms with Crippen LogP contribution in [0.1, 0.15) is 16.8 Å². The van der Waals surface area contributed by atoms with Crippen LogP contribution in [-0.2, 0) is 23.7 Å². The third-order valence-electron chi connectivity index (χ3n) is 6.37. The van der Waals surface area contributed by atoms with E-state index < -0.39 is 72.6 Å². The largest absolute Gasteiger partial charge is 0.478 e. The minimum Gasteiger partial charge on any atom is -0.478 e. The van der Waals surface area contributed by atoms with Crippen LogP contribution in [0.2, 0.25) is 0 Å². The van der Waals surface area contributed by atoms with Gasteiger partial charge in [-0.25, -0.2) is 9.59 Å². The van der Waals surface area contributed by atoms with Gasteiger partial charge in [0.25, 0.3) is 0 Å². The van der Waals surface area contributed by atoms with Crippen molar-refractivity contribution in [2.24, 2.45) is 5.92 Å². The molecule has 1 fully saturated rings. The lowest BCUT2D eigenvalue weighted by atomic mass is 9.79. The molecule has 2 heterocycles. The lowest BCUT2D eigenvalue weighted by Gasteiger charge is -2.44. The van der Waals surface area contributed by atoms with Gasteiger partial charge in [0, 0.05) is 0 Å². The Hall–Kier alpha value is -2.84. The summed E-state index contributed by atoms with van der Waals surface area (Å²) in [6.45, 7) is -1.00. The van der Waals surface area contributed by atoms with Gasteiger partial charge in [-0.1, -0.05) is 24.3 Å². The molecule has 0 unspecified atom stereocenters. The fourth-order valence-electron chi connectivity index (χ4n) is 4.45. The highest BCUT2D eigenvalue weighted by Crippen LogP contribution is 2.47. The number of hydrogen-bond donors (Lipinski definition) is 6. The number of esters is 1. The first-order valence-electron chi connectivity index (χ1n) is 10.9. The number of aliphatic hydroxyl groups excluding tert-OH is 4. The Morgan fingerprint density at radius 3 is 2.43 bits per heavy atom. The van der Waals surface area contributed by atoms with Gasteiger partial charge in [-0.05, 0) is 24.1 Å². The topological polar surface area (TPSA) is 192 Å². The van der Waals surface area contributed by atoms with Gasteiger partial charge in [0.2, 0.25) is 6.29 Å². The summed E-state index contributed by atoms with van der Waals surface area (Å²) >= 11 is 0. The molecule has 1 saturated heterocycles. The Bertz CT molecular complexity index is 1010. The first kappa shape index (κ1) is 25.3. The summed E-state index contributed by atoms with van der Waals surface area (Å²) in [5.74, 6) is -3.26. The molecular formula is C23H26O12. The van der Waals surface area contributed by atoms with Crippen molar-refractivity contribution >= 4 is 11.9 Å². The SMILES string of the molecule is O=C(O)C1=CO[C@@H](O[C@@H]2O[C@H](CO)[C@@H](O)[C@H](O)[C@H]2O)[C@@H]2C(COC(=O)c3ccccc3)=CC[C@]12O. The summed E-state index contributed by atoms with van der Waals surface area (Å²) in [5, 5.41) is 60.6. The minimum absolute atomic E-state index is 0.147. The number of aliphatic carboxylic acids is 1. The van der Waals surface area contributed by atoms with Crippen LogP contribution in [0.5, 0.6) is 0 Å². The van der Waals surface area contributed by atoms with Crippen LogP contribution in [0.15, 0.2) is 53.8 Å². The van der Waals surface area contributed by atoms with Crippen LogP contribution in [0.4, 0.5) is 0 Å². The minimum atomic E-state index is -1.99. The second-order valence-corrected chi connectivity index (χ2v) is 8.50. The van der Waals surface area contributed by atoms with Crippen LogP contribution in [0, 0.1) is 5.92 Å². The van der Waals surface area contributed by atoms with Gasteiger partial charge in [-0.2, -0.15) is 0 Å². The summed E-state index contributed by atoms with van der Waals surface area (Å²) in [6.07, 6.45) is -7.19. The number of aliphatic hydroxyl groups is 5. The standard InChI is InChI=1S/C23H26O12/c24-8-14-16(25)17(26)18(27)22(34-14)35-21-15-12(9-32-20(30)11-4-2-1-3-5-11)6-7-23(15,31)13(10-33-21)19(28)29/h1-6,10,14-18,21-22,24-27,31H,7-9H2,(H,28,29)/t14-,15+,16-,17+,18-,21+,22+,23+/m1/s1. The third kappa shape index (κ3) is 4.69. The summed E-state index contributed by atoms with van der Waals surface area (Å²) < 4.78 is 21.8. The Morgan fingerprint density at radius 2 is 1.77 bits per heavy atom. The van der Waals surface area contributed by atoms with E-state index in [-0.39, 0.29) is 13.0 Å². The second-order valence-electron chi connectivity index (χ2n) is 8.50. The van der Waals surface area contributed by atoms with Gasteiger partial charge < -0.3 is 49.6 Å². The highest BCUT2D eigenvalue weighted by molar-refractivity contribution is 5.90. The molecule has 35 heavy (non-hydrogen) atoms. The molecule has 0 aromatic heterocycles. The first-order valence-corrected chi connectivity index (χ1v) is 10.9. The molecule has 0 bridgehead atoms. The van der Waals surface area contributed by atoms with E-state index in [0.717, 1.165) is 6.26 Å². The quantitative estimate of drug-likeness (QED) is 0.193. The van der Waals surface area contributed by atoms with E-state index in [2.05, 4.69) is 0 Å². The molecule has 1 aromatic rings. The number of carbonyl (C=O) groups excluding carboxylic acids is 1. The van der Waals surface area contributed by atoms with E-state index in [0.29, 0.717) is 11.1 Å². The Labute approximate surface area is 199 Å². The summed E-state index contributed by atoms with van der Waals surface area (Å²) in [5.41, 5.74) is -1.84. The monoisotopic (exact) mass is 494 g/mol. The number of benzene rings is 1. The van der Waals surface area contributed by atoms with Gasteiger partial charge in [0.1, 0.15) is 42.2 Å². The predicted molar refractivity (Wildman–Crippen MR) is 113 cm³/mol. The van der Waals surface area contributed by atoms with E-state index in [1.54, 1.807) is 30.3 Å². The highest BCUT2D eigenvalue weighted by atomic mass is 16.8. The molecule has 6 N–H and O–H groups in total. The van der Waals surface area contributed by atoms with Crippen molar-refractivity contribution < 1.29 is 59.2 Å². The Kier molecular flexibility index (Phi) is 7.24. The normalized spacial score (nSPS) is 36.4. The lowest BCUT2D eigenvalue weighted by molar-refractivity contribution is -0.343. The molecule has 2 aliphatic heterocycles. The molecule has 0 radical (unpaired) electrons. The average Bonchev–Trinajstić information content (AvgIpc) is 3.20. The van der Waals surface area contributed by atoms with Crippen LogP contribution in [-0.4, -0.2) is 98.4 Å². The maximum atomic E-state index is 12.4. The maximum Gasteiger partial charge on any atom is 0.338 e. The highest BCUT2D eigenvalue weighted by Gasteiger charge is 2.57. The Balaban J connectivity index is 1.55. The molecule has 3 aliphatic rings. The van der Waals surface area contributed by atoms with Gasteiger partial charge in [-0.3, -0.25) is 0 Å². The fraction of sp³-hybridized carbons (Fsp3) is 0.478. The van der Waals surface area contributed by atoms with Crippen LogP contribution in [0.25, 0.3) is 0 Å². The lowest BCUT2D eigenvalue weighted by Crippen LogP contribution is -2.61. The number of fused-ring (bicyclic) bond motifs is 1. The molecule has 8 atom stereocenters. The zero-order valence-corrected chi connectivity index (χ0v) is 18.3. The van der Waals surface area contributed by atoms with E-state index in [1.165, 1.54) is 6.08 Å². The first-order chi connectivity index (χ1) is 16.7. The van der Waals surface area contributed by atoms with Gasteiger partial charge in [-0.15, -0.1) is 0 Å². The van der Waals surface area contributed by atoms with E-state index in [9.17, 15) is 40.2 Å². The van der Waals surface area contributed by atoms with Crippen molar-refractivity contribution in [3.05, 3.63) is 59.4 Å². The second kappa shape index (κ2) is 10.0. The third-order valence-corrected chi connectivity index (χ3v) is 6.37. The zero-order valence-electron chi connectivity index (χ0n) is 18.3. The number of carboxylic acids is 1. The molecule has 4 rings (SSSR count). The summed E-state index contributed by atoms with van der Waals surface area (Å²) in [4.78, 5) is 24.1. The van der Waals surface area contributed by atoms with Crippen LogP contribution >= 0.6 is 0 Å². The molecule has 12 heteroatoms. The maximum absolute atomic E-state index is 12.4.